The minimum absolute atomic E-state index is 0.00304. The molecule has 1 N–H and O–H groups in total. The summed E-state index contributed by atoms with van der Waals surface area (Å²) in [6, 6.07) is 5.00. The number of halogens is 1. The molecule has 2 aromatic rings. The molecule has 1 aromatic carbocycles. The second kappa shape index (κ2) is 8.06. The van der Waals surface area contributed by atoms with Crippen LogP contribution in [-0.2, 0) is 4.74 Å². The fraction of sp³-hybridized carbons (Fsp3) is 0.412. The Morgan fingerprint density at radius 3 is 2.75 bits per heavy atom. The van der Waals surface area contributed by atoms with Crippen LogP contribution in [-0.4, -0.2) is 29.0 Å². The number of carbonyl (C=O) groups excluding carboxylic acids is 1. The first-order valence-corrected chi connectivity index (χ1v) is 8.13. The second-order valence-corrected chi connectivity index (χ2v) is 5.84. The Balaban J connectivity index is 2.27. The lowest BCUT2D eigenvalue weighted by atomic mass is 10.1. The fourth-order valence-electron chi connectivity index (χ4n) is 2.04. The van der Waals surface area contributed by atoms with Crippen molar-refractivity contribution in [3.8, 4) is 17.4 Å². The van der Waals surface area contributed by atoms with Crippen LogP contribution in [0.5, 0.6) is 17.4 Å². The third-order valence-electron chi connectivity index (χ3n) is 3.14. The molecule has 0 fully saturated rings. The van der Waals surface area contributed by atoms with Gasteiger partial charge in [-0.3, -0.25) is 0 Å². The molecule has 0 radical (unpaired) electrons. The minimum atomic E-state index is -0.929. The smallest absolute Gasteiger partial charge is 0.503 e. The number of ether oxygens (including phenoxy) is 3. The monoisotopic (exact) mass is 353 g/mol. The molecule has 0 aliphatic carbocycles. The maximum Gasteiger partial charge on any atom is 0.515 e. The lowest BCUT2D eigenvalue weighted by Crippen LogP contribution is -2.12. The second-order valence-electron chi connectivity index (χ2n) is 5.48. The van der Waals surface area contributed by atoms with Crippen LogP contribution in [0.25, 0.3) is 10.8 Å². The first-order valence-electron chi connectivity index (χ1n) is 7.75. The lowest BCUT2D eigenvalue weighted by Gasteiger charge is -2.12. The van der Waals surface area contributed by atoms with Crippen molar-refractivity contribution in [2.24, 2.45) is 0 Å². The molecule has 0 spiro atoms. The first kappa shape index (κ1) is 18.1. The van der Waals surface area contributed by atoms with Crippen LogP contribution in [0.2, 0.25) is 5.15 Å². The van der Waals surface area contributed by atoms with Gasteiger partial charge in [-0.1, -0.05) is 24.9 Å². The van der Waals surface area contributed by atoms with E-state index in [9.17, 15) is 9.90 Å². The summed E-state index contributed by atoms with van der Waals surface area (Å²) in [5, 5.41) is 11.3. The van der Waals surface area contributed by atoms with Gasteiger partial charge in [-0.25, -0.2) is 4.79 Å². The van der Waals surface area contributed by atoms with Gasteiger partial charge < -0.3 is 19.3 Å². The number of nitrogens with zero attached hydrogens (tertiary/aromatic N) is 1. The van der Waals surface area contributed by atoms with Crippen molar-refractivity contribution in [3.63, 3.8) is 0 Å². The van der Waals surface area contributed by atoms with Crippen molar-refractivity contribution in [3.05, 3.63) is 23.4 Å². The molecule has 7 heteroatoms. The van der Waals surface area contributed by atoms with Crippen LogP contribution in [0.3, 0.4) is 0 Å². The van der Waals surface area contributed by atoms with Crippen molar-refractivity contribution in [1.29, 1.82) is 0 Å². The van der Waals surface area contributed by atoms with E-state index < -0.39 is 6.16 Å². The highest BCUT2D eigenvalue weighted by Crippen LogP contribution is 2.38. The Bertz CT molecular complexity index is 732. The number of pyridine rings is 1. The van der Waals surface area contributed by atoms with E-state index in [0.29, 0.717) is 16.5 Å². The predicted octanol–water partition coefficient (Wildman–Crippen LogP) is 4.70. The zero-order chi connectivity index (χ0) is 17.7. The van der Waals surface area contributed by atoms with Crippen LogP contribution in [0, 0.1) is 0 Å². The van der Waals surface area contributed by atoms with Crippen molar-refractivity contribution in [2.45, 2.75) is 39.7 Å². The Morgan fingerprint density at radius 2 is 2.08 bits per heavy atom. The molecule has 0 saturated heterocycles. The van der Waals surface area contributed by atoms with Gasteiger partial charge in [-0.2, -0.15) is 4.98 Å². The summed E-state index contributed by atoms with van der Waals surface area (Å²) in [6.45, 7) is 6.03. The summed E-state index contributed by atoms with van der Waals surface area (Å²) in [5.74, 6) is 0.0395. The van der Waals surface area contributed by atoms with Gasteiger partial charge in [-0.15, -0.1) is 0 Å². The molecule has 6 nitrogen and oxygen atoms in total. The van der Waals surface area contributed by atoms with E-state index >= 15 is 0 Å². The van der Waals surface area contributed by atoms with Gasteiger partial charge in [0, 0.05) is 10.8 Å². The van der Waals surface area contributed by atoms with Crippen molar-refractivity contribution >= 4 is 28.5 Å². The number of hydrogen-bond acceptors (Lipinski definition) is 6. The van der Waals surface area contributed by atoms with Crippen molar-refractivity contribution < 1.29 is 24.1 Å². The van der Waals surface area contributed by atoms with Gasteiger partial charge in [0.2, 0.25) is 0 Å². The molecule has 0 amide bonds. The maximum atomic E-state index is 11.6. The zero-order valence-electron chi connectivity index (χ0n) is 13.8. The zero-order valence-corrected chi connectivity index (χ0v) is 14.6. The molecule has 2 rings (SSSR count). The van der Waals surface area contributed by atoms with Gasteiger partial charge in [0.25, 0.3) is 5.88 Å². The summed E-state index contributed by atoms with van der Waals surface area (Å²) < 4.78 is 15.4. The summed E-state index contributed by atoms with van der Waals surface area (Å²) >= 11 is 6.14. The topological polar surface area (TPSA) is 77.9 Å². The highest BCUT2D eigenvalue weighted by atomic mass is 35.5. The third kappa shape index (κ3) is 4.41. The van der Waals surface area contributed by atoms with Gasteiger partial charge in [0.15, 0.2) is 5.75 Å². The standard InChI is InChI=1S/C17H20ClNO5/c1-4-5-8-22-17(21)24-16-14(20)12-7-6-11(23-10(2)3)9-13(12)15(18)19-16/h6-7,9-10,20H,4-5,8H2,1-3H3. The lowest BCUT2D eigenvalue weighted by molar-refractivity contribution is 0.0952. The molecule has 0 aliphatic rings. The minimum Gasteiger partial charge on any atom is -0.503 e. The molecule has 0 saturated carbocycles. The summed E-state index contributed by atoms with van der Waals surface area (Å²) in [4.78, 5) is 15.5. The van der Waals surface area contributed by atoms with Crippen LogP contribution < -0.4 is 9.47 Å². The molecular weight excluding hydrogens is 334 g/mol. The van der Waals surface area contributed by atoms with Crippen molar-refractivity contribution in [1.82, 2.24) is 4.98 Å². The largest absolute Gasteiger partial charge is 0.515 e. The highest BCUT2D eigenvalue weighted by Gasteiger charge is 2.18. The SMILES string of the molecule is CCCCOC(=O)Oc1nc(Cl)c2cc(OC(C)C)ccc2c1O. The van der Waals surface area contributed by atoms with Gasteiger partial charge >= 0.3 is 6.16 Å². The van der Waals surface area contributed by atoms with E-state index in [1.165, 1.54) is 0 Å². The van der Waals surface area contributed by atoms with Gasteiger partial charge in [-0.05, 0) is 38.5 Å². The number of aromatic hydroxyl groups is 1. The number of benzene rings is 1. The quantitative estimate of drug-likeness (QED) is 0.461. The van der Waals surface area contributed by atoms with Crippen LogP contribution in [0.4, 0.5) is 4.79 Å². The average Bonchev–Trinajstić information content (AvgIpc) is 2.52. The molecule has 0 unspecified atom stereocenters. The number of carbonyl (C=O) groups is 1. The number of aromatic nitrogens is 1. The molecule has 0 atom stereocenters. The van der Waals surface area contributed by atoms with E-state index in [2.05, 4.69) is 4.98 Å². The van der Waals surface area contributed by atoms with Gasteiger partial charge in [0.1, 0.15) is 10.9 Å². The molecular formula is C17H20ClNO5. The summed E-state index contributed by atoms with van der Waals surface area (Å²) in [6.07, 6.45) is 0.690. The molecule has 24 heavy (non-hydrogen) atoms. The van der Waals surface area contributed by atoms with Gasteiger partial charge in [0.05, 0.1) is 12.7 Å². The molecule has 1 heterocycles. The third-order valence-corrected chi connectivity index (χ3v) is 3.43. The van der Waals surface area contributed by atoms with E-state index in [1.807, 2.05) is 20.8 Å². The Morgan fingerprint density at radius 1 is 1.33 bits per heavy atom. The van der Waals surface area contributed by atoms with E-state index in [4.69, 9.17) is 25.8 Å². The fourth-order valence-corrected chi connectivity index (χ4v) is 2.28. The predicted molar refractivity (Wildman–Crippen MR) is 91.1 cm³/mol. The Labute approximate surface area is 145 Å². The first-order chi connectivity index (χ1) is 11.4. The summed E-state index contributed by atoms with van der Waals surface area (Å²) in [7, 11) is 0. The Kier molecular flexibility index (Phi) is 6.09. The normalized spacial score (nSPS) is 10.9. The average molecular weight is 354 g/mol. The Hall–Kier alpha value is -2.21. The highest BCUT2D eigenvalue weighted by molar-refractivity contribution is 6.34. The number of rotatable bonds is 6. The summed E-state index contributed by atoms with van der Waals surface area (Å²) in [5.41, 5.74) is 0. The number of hydrogen-bond donors (Lipinski definition) is 1. The van der Waals surface area contributed by atoms with Crippen molar-refractivity contribution in [2.75, 3.05) is 6.61 Å². The maximum absolute atomic E-state index is 11.6. The number of unbranched alkanes of at least 4 members (excludes halogenated alkanes) is 1. The van der Waals surface area contributed by atoms with Crippen LogP contribution in [0.1, 0.15) is 33.6 Å². The molecule has 0 bridgehead atoms. The van der Waals surface area contributed by atoms with E-state index in [0.717, 1.165) is 12.8 Å². The molecule has 1 aromatic heterocycles. The van der Waals surface area contributed by atoms with Crippen LogP contribution >= 0.6 is 11.6 Å². The molecule has 0 aliphatic heterocycles. The molecule has 130 valence electrons. The van der Waals surface area contributed by atoms with E-state index in [1.54, 1.807) is 18.2 Å². The van der Waals surface area contributed by atoms with E-state index in [-0.39, 0.29) is 29.5 Å². The number of fused-ring (bicyclic) bond motifs is 1. The van der Waals surface area contributed by atoms with Crippen LogP contribution in [0.15, 0.2) is 18.2 Å².